The van der Waals surface area contributed by atoms with Crippen molar-refractivity contribution < 1.29 is 19.5 Å². The van der Waals surface area contributed by atoms with Gasteiger partial charge < -0.3 is 21.1 Å². The molecule has 0 aromatic rings. The minimum absolute atomic E-state index is 0.201. The van der Waals surface area contributed by atoms with Gasteiger partial charge in [0.25, 0.3) is 5.91 Å². The van der Waals surface area contributed by atoms with E-state index < -0.39 is 36.2 Å². The van der Waals surface area contributed by atoms with E-state index in [4.69, 9.17) is 0 Å². The van der Waals surface area contributed by atoms with Gasteiger partial charge in [0.2, 0.25) is 11.8 Å². The summed E-state index contributed by atoms with van der Waals surface area (Å²) in [6.45, 7) is 19.1. The average molecular weight is 598 g/mol. The van der Waals surface area contributed by atoms with Crippen LogP contribution in [-0.2, 0) is 14.4 Å². The predicted molar refractivity (Wildman–Crippen MR) is 180 cm³/mol. The Morgan fingerprint density at radius 2 is 0.814 bits per heavy atom. The second-order valence-electron chi connectivity index (χ2n) is 12.3. The van der Waals surface area contributed by atoms with Crippen molar-refractivity contribution in [3.8, 4) is 0 Å². The van der Waals surface area contributed by atoms with E-state index in [9.17, 15) is 19.5 Å². The first kappa shape index (κ1) is 39.8. The van der Waals surface area contributed by atoms with Gasteiger partial charge in [-0.25, -0.2) is 0 Å². The third kappa shape index (κ3) is 22.1. The van der Waals surface area contributed by atoms with Gasteiger partial charge in [-0.15, -0.1) is 0 Å². The van der Waals surface area contributed by atoms with Crippen LogP contribution < -0.4 is 16.0 Å². The Bertz CT molecular complexity index is 1020. The van der Waals surface area contributed by atoms with Crippen LogP contribution in [0.5, 0.6) is 0 Å². The van der Waals surface area contributed by atoms with E-state index in [-0.39, 0.29) is 19.6 Å². The first-order chi connectivity index (χ1) is 20.1. The molecule has 43 heavy (non-hydrogen) atoms. The standard InChI is InChI=1S/C36H59N3O4/c1-27(2)13-10-16-30(7)19-22-37-33(40)25-36(43,35(42)39-24-21-32(9)18-12-15-29(5)6)26-34(41)38-23-20-31(8)17-11-14-28(3)4/h13-15,19-21,43H,10-12,16-18,22-26H2,1-9H3,(H,37,40)(H,38,41)(H,39,42)/b30-19+,31-20+,32-21+. The van der Waals surface area contributed by atoms with Crippen LogP contribution in [0.2, 0.25) is 0 Å². The van der Waals surface area contributed by atoms with E-state index in [1.165, 1.54) is 16.7 Å². The number of aliphatic hydroxyl groups is 1. The molecule has 0 heterocycles. The highest BCUT2D eigenvalue weighted by Crippen LogP contribution is 2.17. The van der Waals surface area contributed by atoms with Gasteiger partial charge in [0.15, 0.2) is 5.60 Å². The minimum atomic E-state index is -2.18. The van der Waals surface area contributed by atoms with Crippen molar-refractivity contribution in [1.29, 1.82) is 0 Å². The second-order valence-corrected chi connectivity index (χ2v) is 12.3. The number of hydrogen-bond acceptors (Lipinski definition) is 4. The molecule has 7 nitrogen and oxygen atoms in total. The van der Waals surface area contributed by atoms with E-state index >= 15 is 0 Å². The second kappa shape index (κ2) is 22.4. The molecule has 0 aliphatic carbocycles. The van der Waals surface area contributed by atoms with E-state index in [1.807, 2.05) is 39.0 Å². The van der Waals surface area contributed by atoms with Gasteiger partial charge >= 0.3 is 0 Å². The fourth-order valence-corrected chi connectivity index (χ4v) is 4.11. The zero-order valence-electron chi connectivity index (χ0n) is 28.4. The lowest BCUT2D eigenvalue weighted by Gasteiger charge is -2.25. The third-order valence-corrected chi connectivity index (χ3v) is 6.82. The van der Waals surface area contributed by atoms with Gasteiger partial charge in [-0.3, -0.25) is 14.4 Å². The van der Waals surface area contributed by atoms with Gasteiger partial charge in [0, 0.05) is 19.6 Å². The maximum Gasteiger partial charge on any atom is 0.253 e. The van der Waals surface area contributed by atoms with Crippen LogP contribution >= 0.6 is 0 Å². The van der Waals surface area contributed by atoms with Crippen molar-refractivity contribution in [3.05, 3.63) is 69.9 Å². The molecule has 0 saturated heterocycles. The van der Waals surface area contributed by atoms with Crippen molar-refractivity contribution in [2.24, 2.45) is 0 Å². The number of rotatable bonds is 20. The molecule has 0 rings (SSSR count). The van der Waals surface area contributed by atoms with Gasteiger partial charge in [0.05, 0.1) is 12.8 Å². The lowest BCUT2D eigenvalue weighted by atomic mass is 9.93. The molecule has 0 saturated carbocycles. The lowest BCUT2D eigenvalue weighted by Crippen LogP contribution is -2.52. The molecule has 0 aliphatic rings. The summed E-state index contributed by atoms with van der Waals surface area (Å²) in [4.78, 5) is 38.7. The first-order valence-electron chi connectivity index (χ1n) is 15.6. The minimum Gasteiger partial charge on any atom is -0.379 e. The SMILES string of the molecule is CC(C)=CCC/C(C)=C/CNC(=O)CC(O)(CC(=O)NC/C=C(\C)CCC=C(C)C)C(=O)NC/C=C(\C)CCC=C(C)C. The summed E-state index contributed by atoms with van der Waals surface area (Å²) >= 11 is 0. The van der Waals surface area contributed by atoms with Crippen LogP contribution in [0.25, 0.3) is 0 Å². The molecule has 0 aromatic heterocycles. The highest BCUT2D eigenvalue weighted by molar-refractivity contribution is 5.95. The molecule has 7 heteroatoms. The van der Waals surface area contributed by atoms with Crippen molar-refractivity contribution >= 4 is 17.7 Å². The molecule has 242 valence electrons. The van der Waals surface area contributed by atoms with E-state index in [1.54, 1.807) is 0 Å². The molecular weight excluding hydrogens is 538 g/mol. The van der Waals surface area contributed by atoms with Gasteiger partial charge in [-0.2, -0.15) is 0 Å². The molecule has 0 aromatic carbocycles. The Hall–Kier alpha value is -3.19. The van der Waals surface area contributed by atoms with Crippen molar-refractivity contribution in [3.63, 3.8) is 0 Å². The highest BCUT2D eigenvalue weighted by atomic mass is 16.3. The topological polar surface area (TPSA) is 108 Å². The fourth-order valence-electron chi connectivity index (χ4n) is 4.11. The Morgan fingerprint density at radius 3 is 1.12 bits per heavy atom. The first-order valence-corrected chi connectivity index (χ1v) is 15.6. The number of carbonyl (C=O) groups is 3. The summed E-state index contributed by atoms with van der Waals surface area (Å²) in [5.41, 5.74) is 5.00. The van der Waals surface area contributed by atoms with Crippen LogP contribution in [0.3, 0.4) is 0 Å². The molecule has 0 fully saturated rings. The van der Waals surface area contributed by atoms with Gasteiger partial charge in [-0.05, 0) is 101 Å². The summed E-state index contributed by atoms with van der Waals surface area (Å²) in [6, 6.07) is 0. The third-order valence-electron chi connectivity index (χ3n) is 6.82. The van der Waals surface area contributed by atoms with E-state index in [0.29, 0.717) is 0 Å². The summed E-state index contributed by atoms with van der Waals surface area (Å²) in [7, 11) is 0. The molecule has 0 aliphatic heterocycles. The Labute approximate surface area is 261 Å². The highest BCUT2D eigenvalue weighted by Gasteiger charge is 2.40. The van der Waals surface area contributed by atoms with Crippen LogP contribution in [0.1, 0.15) is 114 Å². The summed E-state index contributed by atoms with van der Waals surface area (Å²) in [6.07, 6.45) is 16.6. The van der Waals surface area contributed by atoms with Crippen LogP contribution in [0.4, 0.5) is 0 Å². The quantitative estimate of drug-likeness (QED) is 0.114. The van der Waals surface area contributed by atoms with Crippen LogP contribution in [0, 0.1) is 0 Å². The molecule has 0 spiro atoms. The largest absolute Gasteiger partial charge is 0.379 e. The van der Waals surface area contributed by atoms with Gasteiger partial charge in [-0.1, -0.05) is 69.9 Å². The smallest absolute Gasteiger partial charge is 0.253 e. The monoisotopic (exact) mass is 597 g/mol. The zero-order valence-corrected chi connectivity index (χ0v) is 28.4. The number of nitrogens with one attached hydrogen (secondary N) is 3. The maximum absolute atomic E-state index is 13.1. The van der Waals surface area contributed by atoms with E-state index in [2.05, 4.69) is 75.7 Å². The molecule has 0 unspecified atom stereocenters. The Morgan fingerprint density at radius 1 is 0.512 bits per heavy atom. The van der Waals surface area contributed by atoms with Gasteiger partial charge in [0.1, 0.15) is 0 Å². The number of amides is 3. The van der Waals surface area contributed by atoms with Crippen LogP contribution in [0.15, 0.2) is 69.9 Å². The number of allylic oxidation sites excluding steroid dienone is 9. The molecule has 4 N–H and O–H groups in total. The zero-order chi connectivity index (χ0) is 32.8. The molecule has 0 atom stereocenters. The fraction of sp³-hybridized carbons (Fsp3) is 0.583. The predicted octanol–water partition coefficient (Wildman–Crippen LogP) is 6.92. The Balaban J connectivity index is 5.33. The lowest BCUT2D eigenvalue weighted by molar-refractivity contribution is -0.149. The van der Waals surface area contributed by atoms with E-state index in [0.717, 1.165) is 55.2 Å². The van der Waals surface area contributed by atoms with Crippen molar-refractivity contribution in [2.45, 2.75) is 119 Å². The molecule has 3 amide bonds. The average Bonchev–Trinajstić information content (AvgIpc) is 2.87. The maximum atomic E-state index is 13.1. The number of hydrogen-bond donors (Lipinski definition) is 4. The Kier molecular flexibility index (Phi) is 20.7. The summed E-state index contributed by atoms with van der Waals surface area (Å²) in [5.74, 6) is -1.74. The summed E-state index contributed by atoms with van der Waals surface area (Å²) in [5, 5.41) is 19.5. The molecule has 0 radical (unpaired) electrons. The molecule has 0 bridgehead atoms. The van der Waals surface area contributed by atoms with Crippen molar-refractivity contribution in [2.75, 3.05) is 19.6 Å². The van der Waals surface area contributed by atoms with Crippen LogP contribution in [-0.4, -0.2) is 48.1 Å². The number of carbonyl (C=O) groups excluding carboxylic acids is 3. The summed E-state index contributed by atoms with van der Waals surface area (Å²) < 4.78 is 0. The van der Waals surface area contributed by atoms with Crippen molar-refractivity contribution in [1.82, 2.24) is 16.0 Å². The molecular formula is C36H59N3O4. The normalized spacial score (nSPS) is 13.4.